The summed E-state index contributed by atoms with van der Waals surface area (Å²) in [5.74, 6) is 0. The minimum Gasteiger partial charge on any atom is -0.381 e. The van der Waals surface area contributed by atoms with Crippen LogP contribution in [0.1, 0.15) is 18.1 Å². The molecule has 0 saturated heterocycles. The van der Waals surface area contributed by atoms with Crippen LogP contribution >= 0.6 is 15.9 Å². The van der Waals surface area contributed by atoms with Crippen molar-refractivity contribution in [1.29, 1.82) is 0 Å². The fourth-order valence-corrected chi connectivity index (χ4v) is 2.69. The quantitative estimate of drug-likeness (QED) is 0.763. The molecule has 0 aliphatic rings. The lowest BCUT2D eigenvalue weighted by Crippen LogP contribution is -2.23. The normalized spacial score (nSPS) is 14.2. The summed E-state index contributed by atoms with van der Waals surface area (Å²) in [5.41, 5.74) is 1.42. The molecule has 1 heterocycles. The van der Waals surface area contributed by atoms with Gasteiger partial charge in [-0.15, -0.1) is 0 Å². The lowest BCUT2D eigenvalue weighted by molar-refractivity contribution is 0.104. The van der Waals surface area contributed by atoms with Crippen LogP contribution in [0.3, 0.4) is 0 Å². The number of aliphatic hydroxyl groups is 1. The molecule has 0 spiro atoms. The predicted octanol–water partition coefficient (Wildman–Crippen LogP) is 4.25. The third kappa shape index (κ3) is 2.23. The molecule has 1 unspecified atom stereocenters. The highest BCUT2D eigenvalue weighted by atomic mass is 79.9. The summed E-state index contributed by atoms with van der Waals surface area (Å²) in [5, 5.41) is 12.0. The van der Waals surface area contributed by atoms with Crippen LogP contribution in [0.4, 0.5) is 0 Å². The summed E-state index contributed by atoms with van der Waals surface area (Å²) in [6.45, 7) is 1.81. The molecule has 20 heavy (non-hydrogen) atoms. The lowest BCUT2D eigenvalue weighted by atomic mass is 9.87. The van der Waals surface area contributed by atoms with Gasteiger partial charge in [0.05, 0.1) is 5.52 Å². The average molecular weight is 328 g/mol. The van der Waals surface area contributed by atoms with Gasteiger partial charge in [-0.3, -0.25) is 4.98 Å². The Labute approximate surface area is 126 Å². The van der Waals surface area contributed by atoms with Gasteiger partial charge in [-0.25, -0.2) is 0 Å². The molecule has 3 heteroatoms. The van der Waals surface area contributed by atoms with Crippen molar-refractivity contribution in [2.24, 2.45) is 0 Å². The molecule has 2 aromatic carbocycles. The van der Waals surface area contributed by atoms with Crippen molar-refractivity contribution >= 4 is 26.8 Å². The fraction of sp³-hybridized carbons (Fsp3) is 0.118. The van der Waals surface area contributed by atoms with Gasteiger partial charge in [0.25, 0.3) is 0 Å². The molecule has 0 radical (unpaired) electrons. The standard InChI is InChI=1S/C17H14BrNO/c1-17(20,13-7-9-14(18)10-8-13)15-6-2-4-12-5-3-11-19-16(12)15/h2-11,20H,1H3. The Kier molecular flexibility index (Phi) is 3.32. The predicted molar refractivity (Wildman–Crippen MR) is 84.6 cm³/mol. The van der Waals surface area contributed by atoms with Crippen LogP contribution in [0, 0.1) is 0 Å². The van der Waals surface area contributed by atoms with Crippen LogP contribution in [0.2, 0.25) is 0 Å². The molecule has 1 atom stereocenters. The number of benzene rings is 2. The molecule has 3 aromatic rings. The van der Waals surface area contributed by atoms with E-state index in [4.69, 9.17) is 0 Å². The largest absolute Gasteiger partial charge is 0.381 e. The van der Waals surface area contributed by atoms with E-state index in [-0.39, 0.29) is 0 Å². The van der Waals surface area contributed by atoms with Crippen molar-refractivity contribution in [1.82, 2.24) is 4.98 Å². The van der Waals surface area contributed by atoms with Gasteiger partial charge in [0.2, 0.25) is 0 Å². The van der Waals surface area contributed by atoms with Crippen molar-refractivity contribution in [2.45, 2.75) is 12.5 Å². The van der Waals surface area contributed by atoms with Crippen LogP contribution in [-0.4, -0.2) is 10.1 Å². The fourth-order valence-electron chi connectivity index (χ4n) is 2.43. The number of hydrogen-bond donors (Lipinski definition) is 1. The zero-order valence-corrected chi connectivity index (χ0v) is 12.6. The highest BCUT2D eigenvalue weighted by Crippen LogP contribution is 2.33. The Morgan fingerprint density at radius 3 is 2.45 bits per heavy atom. The molecule has 0 saturated carbocycles. The molecule has 1 aromatic heterocycles. The maximum atomic E-state index is 11.0. The van der Waals surface area contributed by atoms with Gasteiger partial charge >= 0.3 is 0 Å². The summed E-state index contributed by atoms with van der Waals surface area (Å²) >= 11 is 3.41. The molecule has 0 aliphatic carbocycles. The van der Waals surface area contributed by atoms with Gasteiger partial charge in [0.15, 0.2) is 0 Å². The number of aromatic nitrogens is 1. The third-order valence-corrected chi connectivity index (χ3v) is 4.09. The number of pyridine rings is 1. The first-order valence-corrected chi connectivity index (χ1v) is 7.21. The lowest BCUT2D eigenvalue weighted by Gasteiger charge is -2.25. The monoisotopic (exact) mass is 327 g/mol. The Hall–Kier alpha value is -1.71. The van der Waals surface area contributed by atoms with Crippen LogP contribution in [0.25, 0.3) is 10.9 Å². The van der Waals surface area contributed by atoms with Crippen molar-refractivity contribution in [3.63, 3.8) is 0 Å². The van der Waals surface area contributed by atoms with E-state index in [0.29, 0.717) is 0 Å². The molecule has 2 nitrogen and oxygen atoms in total. The first kappa shape index (κ1) is 13.3. The minimum absolute atomic E-state index is 0.818. The molecular formula is C17H14BrNO. The molecular weight excluding hydrogens is 314 g/mol. The molecule has 0 fully saturated rings. The number of hydrogen-bond acceptors (Lipinski definition) is 2. The molecule has 1 N–H and O–H groups in total. The van der Waals surface area contributed by atoms with Gasteiger partial charge < -0.3 is 5.11 Å². The van der Waals surface area contributed by atoms with Crippen molar-refractivity contribution < 1.29 is 5.11 Å². The maximum absolute atomic E-state index is 11.0. The van der Waals surface area contributed by atoms with E-state index in [1.807, 2.05) is 54.6 Å². The van der Waals surface area contributed by atoms with Gasteiger partial charge in [-0.05, 0) is 30.7 Å². The van der Waals surface area contributed by atoms with Crippen molar-refractivity contribution in [2.75, 3.05) is 0 Å². The minimum atomic E-state index is -1.07. The summed E-state index contributed by atoms with van der Waals surface area (Å²) in [4.78, 5) is 4.42. The number of rotatable bonds is 2. The number of nitrogens with zero attached hydrogens (tertiary/aromatic N) is 1. The van der Waals surface area contributed by atoms with E-state index >= 15 is 0 Å². The van der Waals surface area contributed by atoms with Gasteiger partial charge in [0, 0.05) is 21.6 Å². The zero-order valence-electron chi connectivity index (χ0n) is 11.0. The summed E-state index contributed by atoms with van der Waals surface area (Å²) in [6, 6.07) is 17.5. The number of halogens is 1. The van der Waals surface area contributed by atoms with Gasteiger partial charge in [-0.2, -0.15) is 0 Å². The van der Waals surface area contributed by atoms with Gasteiger partial charge in [-0.1, -0.05) is 52.3 Å². The highest BCUT2D eigenvalue weighted by Gasteiger charge is 2.27. The first-order chi connectivity index (χ1) is 9.59. The Balaban J connectivity index is 2.20. The molecule has 0 bridgehead atoms. The topological polar surface area (TPSA) is 33.1 Å². The maximum Gasteiger partial charge on any atom is 0.114 e. The van der Waals surface area contributed by atoms with Crippen molar-refractivity contribution in [3.05, 3.63) is 76.4 Å². The Morgan fingerprint density at radius 2 is 1.70 bits per heavy atom. The molecule has 100 valence electrons. The molecule has 3 rings (SSSR count). The van der Waals surface area contributed by atoms with E-state index < -0.39 is 5.60 Å². The first-order valence-electron chi connectivity index (χ1n) is 6.42. The zero-order chi connectivity index (χ0) is 14.2. The van der Waals surface area contributed by atoms with E-state index in [1.165, 1.54) is 0 Å². The Morgan fingerprint density at radius 1 is 1.00 bits per heavy atom. The second kappa shape index (κ2) is 5.00. The second-order valence-electron chi connectivity index (χ2n) is 4.96. The van der Waals surface area contributed by atoms with E-state index in [9.17, 15) is 5.11 Å². The SMILES string of the molecule is CC(O)(c1ccc(Br)cc1)c1cccc2cccnc12. The van der Waals surface area contributed by atoms with Crippen LogP contribution in [0.5, 0.6) is 0 Å². The molecule has 0 aliphatic heterocycles. The van der Waals surface area contributed by atoms with E-state index in [1.54, 1.807) is 13.1 Å². The van der Waals surface area contributed by atoms with Gasteiger partial charge in [0.1, 0.15) is 5.60 Å². The van der Waals surface area contributed by atoms with E-state index in [2.05, 4.69) is 20.9 Å². The average Bonchev–Trinajstić information content (AvgIpc) is 2.47. The third-order valence-electron chi connectivity index (χ3n) is 3.56. The van der Waals surface area contributed by atoms with E-state index in [0.717, 1.165) is 26.5 Å². The van der Waals surface area contributed by atoms with Crippen LogP contribution in [-0.2, 0) is 5.60 Å². The summed E-state index contributed by atoms with van der Waals surface area (Å²) < 4.78 is 0.994. The molecule has 0 amide bonds. The van der Waals surface area contributed by atoms with Crippen molar-refractivity contribution in [3.8, 4) is 0 Å². The number of para-hydroxylation sites is 1. The highest BCUT2D eigenvalue weighted by molar-refractivity contribution is 9.10. The Bertz CT molecular complexity index is 745. The smallest absolute Gasteiger partial charge is 0.114 e. The second-order valence-corrected chi connectivity index (χ2v) is 5.88. The van der Waals surface area contributed by atoms with Crippen LogP contribution < -0.4 is 0 Å². The van der Waals surface area contributed by atoms with Crippen LogP contribution in [0.15, 0.2) is 65.3 Å². The summed E-state index contributed by atoms with van der Waals surface area (Å²) in [6.07, 6.45) is 1.75. The summed E-state index contributed by atoms with van der Waals surface area (Å²) in [7, 11) is 0. The number of fused-ring (bicyclic) bond motifs is 1.